The largest absolute Gasteiger partial charge is 0.388 e. The van der Waals surface area contributed by atoms with Crippen molar-refractivity contribution in [3.63, 3.8) is 0 Å². The highest BCUT2D eigenvalue weighted by Crippen LogP contribution is 2.21. The fourth-order valence-electron chi connectivity index (χ4n) is 2.21. The Morgan fingerprint density at radius 3 is 2.74 bits per heavy atom. The quantitative estimate of drug-likeness (QED) is 0.794. The van der Waals surface area contributed by atoms with Gasteiger partial charge in [0.05, 0.1) is 12.7 Å². The van der Waals surface area contributed by atoms with E-state index in [2.05, 4.69) is 34.7 Å². The van der Waals surface area contributed by atoms with E-state index in [1.807, 2.05) is 24.3 Å². The molecule has 19 heavy (non-hydrogen) atoms. The second kappa shape index (κ2) is 8.69. The van der Waals surface area contributed by atoms with Crippen LogP contribution in [-0.4, -0.2) is 42.9 Å². The van der Waals surface area contributed by atoms with Gasteiger partial charge in [0.1, 0.15) is 0 Å². The average molecular weight is 330 g/mol. The maximum absolute atomic E-state index is 10.2. The van der Waals surface area contributed by atoms with Crippen molar-refractivity contribution in [3.05, 3.63) is 34.3 Å². The second-order valence-corrected chi connectivity index (χ2v) is 5.71. The molecule has 0 spiro atoms. The van der Waals surface area contributed by atoms with Crippen LogP contribution in [0.15, 0.2) is 28.7 Å². The summed E-state index contributed by atoms with van der Waals surface area (Å²) < 4.78 is 6.19. The van der Waals surface area contributed by atoms with Crippen molar-refractivity contribution < 1.29 is 9.84 Å². The normalized spacial score (nSPS) is 14.6. The summed E-state index contributed by atoms with van der Waals surface area (Å²) in [4.78, 5) is 2.32. The molecule has 1 aromatic rings. The van der Waals surface area contributed by atoms with Crippen LogP contribution in [0.5, 0.6) is 0 Å². The first-order chi connectivity index (χ1) is 9.08. The number of ether oxygens (including phenoxy) is 1. The Labute approximate surface area is 124 Å². The van der Waals surface area contributed by atoms with E-state index in [-0.39, 0.29) is 0 Å². The summed E-state index contributed by atoms with van der Waals surface area (Å²) in [5, 5.41) is 10.2. The summed E-state index contributed by atoms with van der Waals surface area (Å²) in [7, 11) is 1.72. The maximum atomic E-state index is 10.2. The van der Waals surface area contributed by atoms with Gasteiger partial charge in [-0.15, -0.1) is 0 Å². The highest BCUT2D eigenvalue weighted by Gasteiger charge is 2.14. The molecule has 0 aliphatic heterocycles. The summed E-state index contributed by atoms with van der Waals surface area (Å²) in [5.74, 6) is 0. The predicted octanol–water partition coefficient (Wildman–Crippen LogP) is 3.23. The minimum absolute atomic E-state index is 0.379. The van der Waals surface area contributed by atoms with Gasteiger partial charge in [-0.1, -0.05) is 35.0 Å². The second-order valence-electron chi connectivity index (χ2n) is 4.79. The topological polar surface area (TPSA) is 32.7 Å². The van der Waals surface area contributed by atoms with Crippen molar-refractivity contribution in [3.8, 4) is 0 Å². The van der Waals surface area contributed by atoms with E-state index in [1.165, 1.54) is 0 Å². The van der Waals surface area contributed by atoms with E-state index in [4.69, 9.17) is 4.74 Å². The third kappa shape index (κ3) is 5.61. The Bertz CT molecular complexity index is 373. The van der Waals surface area contributed by atoms with Crippen LogP contribution in [-0.2, 0) is 4.74 Å². The maximum Gasteiger partial charge on any atom is 0.0802 e. The lowest BCUT2D eigenvalue weighted by atomic mass is 10.1. The summed E-state index contributed by atoms with van der Waals surface area (Å²) in [5.41, 5.74) is 0.963. The highest BCUT2D eigenvalue weighted by atomic mass is 79.9. The zero-order valence-corrected chi connectivity index (χ0v) is 13.6. The van der Waals surface area contributed by atoms with Gasteiger partial charge >= 0.3 is 0 Å². The van der Waals surface area contributed by atoms with E-state index in [0.717, 1.165) is 36.2 Å². The number of aliphatic hydroxyl groups excluding tert-OH is 1. The van der Waals surface area contributed by atoms with Gasteiger partial charge in [0, 0.05) is 24.2 Å². The van der Waals surface area contributed by atoms with Crippen LogP contribution in [0.2, 0.25) is 0 Å². The van der Waals surface area contributed by atoms with Gasteiger partial charge in [0.2, 0.25) is 0 Å². The molecule has 2 unspecified atom stereocenters. The van der Waals surface area contributed by atoms with Crippen molar-refractivity contribution in [1.82, 2.24) is 4.90 Å². The van der Waals surface area contributed by atoms with Crippen LogP contribution >= 0.6 is 15.9 Å². The SMILES string of the molecule is CCN(CCC(O)c1cccc(Br)c1)C(C)COC. The lowest BCUT2D eigenvalue weighted by molar-refractivity contribution is 0.0841. The van der Waals surface area contributed by atoms with Crippen LogP contribution < -0.4 is 0 Å². The van der Waals surface area contributed by atoms with E-state index >= 15 is 0 Å². The fourth-order valence-corrected chi connectivity index (χ4v) is 2.62. The summed E-state index contributed by atoms with van der Waals surface area (Å²) >= 11 is 3.43. The van der Waals surface area contributed by atoms with Gasteiger partial charge in [0.25, 0.3) is 0 Å². The Kier molecular flexibility index (Phi) is 7.61. The monoisotopic (exact) mass is 329 g/mol. The molecule has 0 radical (unpaired) electrons. The van der Waals surface area contributed by atoms with Crippen molar-refractivity contribution >= 4 is 15.9 Å². The van der Waals surface area contributed by atoms with Gasteiger partial charge in [-0.05, 0) is 37.6 Å². The number of halogens is 1. The van der Waals surface area contributed by atoms with Crippen molar-refractivity contribution in [2.45, 2.75) is 32.4 Å². The first-order valence-corrected chi connectivity index (χ1v) is 7.54. The standard InChI is InChI=1S/C15H24BrNO2/c1-4-17(12(2)11-19-3)9-8-15(18)13-6-5-7-14(16)10-13/h5-7,10,12,15,18H,4,8-9,11H2,1-3H3. The smallest absolute Gasteiger partial charge is 0.0802 e. The lowest BCUT2D eigenvalue weighted by Crippen LogP contribution is -2.37. The number of methoxy groups -OCH3 is 1. The fraction of sp³-hybridized carbons (Fsp3) is 0.600. The van der Waals surface area contributed by atoms with Gasteiger partial charge < -0.3 is 9.84 Å². The van der Waals surface area contributed by atoms with Crippen molar-refractivity contribution in [2.75, 3.05) is 26.8 Å². The molecule has 0 heterocycles. The molecule has 0 amide bonds. The minimum atomic E-state index is -0.415. The molecule has 1 N–H and O–H groups in total. The molecular formula is C15H24BrNO2. The molecule has 4 heteroatoms. The molecule has 0 fully saturated rings. The van der Waals surface area contributed by atoms with Gasteiger partial charge in [0.15, 0.2) is 0 Å². The van der Waals surface area contributed by atoms with E-state index in [1.54, 1.807) is 7.11 Å². The molecule has 0 saturated carbocycles. The molecule has 0 aliphatic carbocycles. The third-order valence-corrected chi connectivity index (χ3v) is 3.85. The minimum Gasteiger partial charge on any atom is -0.388 e. The number of rotatable bonds is 8. The van der Waals surface area contributed by atoms with Crippen molar-refractivity contribution in [1.29, 1.82) is 0 Å². The first-order valence-electron chi connectivity index (χ1n) is 6.75. The van der Waals surface area contributed by atoms with Crippen LogP contribution in [0.3, 0.4) is 0 Å². The zero-order chi connectivity index (χ0) is 14.3. The molecule has 0 saturated heterocycles. The van der Waals surface area contributed by atoms with Gasteiger partial charge in [-0.2, -0.15) is 0 Å². The number of hydrogen-bond donors (Lipinski definition) is 1. The van der Waals surface area contributed by atoms with Crippen LogP contribution in [0.1, 0.15) is 31.9 Å². The molecule has 0 aliphatic rings. The predicted molar refractivity (Wildman–Crippen MR) is 82.3 cm³/mol. The number of nitrogens with zero attached hydrogens (tertiary/aromatic N) is 1. The molecule has 1 aromatic carbocycles. The molecule has 0 bridgehead atoms. The Morgan fingerprint density at radius 1 is 1.42 bits per heavy atom. The molecule has 1 rings (SSSR count). The van der Waals surface area contributed by atoms with Crippen LogP contribution in [0, 0.1) is 0 Å². The van der Waals surface area contributed by atoms with Crippen molar-refractivity contribution in [2.24, 2.45) is 0 Å². The number of benzene rings is 1. The van der Waals surface area contributed by atoms with E-state index < -0.39 is 6.10 Å². The van der Waals surface area contributed by atoms with Crippen LogP contribution in [0.4, 0.5) is 0 Å². The summed E-state index contributed by atoms with van der Waals surface area (Å²) in [6.45, 7) is 6.85. The number of aliphatic hydroxyl groups is 1. The summed E-state index contributed by atoms with van der Waals surface area (Å²) in [6, 6.07) is 8.23. The molecule has 3 nitrogen and oxygen atoms in total. The van der Waals surface area contributed by atoms with E-state index in [9.17, 15) is 5.11 Å². The Balaban J connectivity index is 2.50. The highest BCUT2D eigenvalue weighted by molar-refractivity contribution is 9.10. The molecule has 0 aromatic heterocycles. The molecule has 2 atom stereocenters. The van der Waals surface area contributed by atoms with E-state index in [0.29, 0.717) is 6.04 Å². The number of likely N-dealkylation sites (N-methyl/N-ethyl adjacent to an activating group) is 1. The Morgan fingerprint density at radius 2 is 2.16 bits per heavy atom. The lowest BCUT2D eigenvalue weighted by Gasteiger charge is -2.28. The molecule has 108 valence electrons. The van der Waals surface area contributed by atoms with Gasteiger partial charge in [-0.25, -0.2) is 0 Å². The third-order valence-electron chi connectivity index (χ3n) is 3.36. The van der Waals surface area contributed by atoms with Crippen LogP contribution in [0.25, 0.3) is 0 Å². The Hall–Kier alpha value is -0.420. The average Bonchev–Trinajstić information content (AvgIpc) is 2.39. The summed E-state index contributed by atoms with van der Waals surface area (Å²) in [6.07, 6.45) is 0.319. The first kappa shape index (κ1) is 16.6. The molecular weight excluding hydrogens is 306 g/mol. The van der Waals surface area contributed by atoms with Gasteiger partial charge in [-0.3, -0.25) is 4.90 Å². The number of hydrogen-bond acceptors (Lipinski definition) is 3. The zero-order valence-electron chi connectivity index (χ0n) is 12.0.